The first kappa shape index (κ1) is 25.6. The van der Waals surface area contributed by atoms with Crippen molar-refractivity contribution in [3.63, 3.8) is 0 Å². The van der Waals surface area contributed by atoms with Crippen molar-refractivity contribution < 1.29 is 0 Å². The van der Waals surface area contributed by atoms with Gasteiger partial charge < -0.3 is 4.90 Å². The Balaban J connectivity index is 1.68. The van der Waals surface area contributed by atoms with Crippen molar-refractivity contribution in [1.82, 2.24) is 4.90 Å². The van der Waals surface area contributed by atoms with Crippen LogP contribution in [0, 0.1) is 17.3 Å². The zero-order valence-corrected chi connectivity index (χ0v) is 22.2. The van der Waals surface area contributed by atoms with E-state index in [0.29, 0.717) is 17.3 Å². The maximum absolute atomic E-state index is 4.53. The molecule has 3 rings (SSSR count). The van der Waals surface area contributed by atoms with E-state index in [1.165, 1.54) is 48.1 Å². The Morgan fingerprint density at radius 2 is 1.79 bits per heavy atom. The van der Waals surface area contributed by atoms with Crippen LogP contribution in [0.3, 0.4) is 0 Å². The molecule has 1 nitrogen and oxygen atoms in total. The third-order valence-electron chi connectivity index (χ3n) is 8.02. The van der Waals surface area contributed by atoms with Gasteiger partial charge in [0.05, 0.1) is 0 Å². The first-order chi connectivity index (χ1) is 15.8. The number of allylic oxidation sites excluding steroid dienone is 6. The van der Waals surface area contributed by atoms with Crippen molar-refractivity contribution in [2.24, 2.45) is 17.3 Å². The topological polar surface area (TPSA) is 3.24 Å². The quantitative estimate of drug-likeness (QED) is 0.367. The molecule has 1 fully saturated rings. The molecule has 0 radical (unpaired) electrons. The second-order valence-corrected chi connectivity index (χ2v) is 11.2. The molecule has 33 heavy (non-hydrogen) atoms. The standard InChI is InChI=1S/C32H47N/c1-8-25(5)31-14-12-10-11-13-30(31)23-32(7)17-19-33(20-18-32)26(6)28-15-16-29(21-24(3)4)27(9-2)22-28/h10-13,15-16,22,24-25H,6,8-9,14,17-21,23H2,1-5,7H3. The van der Waals surface area contributed by atoms with Gasteiger partial charge in [0.15, 0.2) is 0 Å². The zero-order chi connectivity index (χ0) is 24.0. The summed E-state index contributed by atoms with van der Waals surface area (Å²) in [6.45, 7) is 20.9. The summed E-state index contributed by atoms with van der Waals surface area (Å²) in [5.74, 6) is 1.36. The Labute approximate surface area is 204 Å². The lowest BCUT2D eigenvalue weighted by atomic mass is 9.73. The molecule has 1 saturated heterocycles. The van der Waals surface area contributed by atoms with E-state index in [-0.39, 0.29) is 0 Å². The molecule has 1 heterocycles. The Kier molecular flexibility index (Phi) is 8.85. The van der Waals surface area contributed by atoms with E-state index < -0.39 is 0 Å². The van der Waals surface area contributed by atoms with E-state index in [2.05, 4.69) is 95.5 Å². The maximum atomic E-state index is 4.53. The second kappa shape index (κ2) is 11.4. The highest BCUT2D eigenvalue weighted by Crippen LogP contribution is 2.41. The van der Waals surface area contributed by atoms with Gasteiger partial charge in [-0.2, -0.15) is 0 Å². The van der Waals surface area contributed by atoms with Crippen LogP contribution in [-0.2, 0) is 12.8 Å². The molecule has 2 aliphatic rings. The predicted molar refractivity (Wildman–Crippen MR) is 146 cm³/mol. The number of hydrogen-bond acceptors (Lipinski definition) is 1. The molecule has 1 heteroatoms. The molecular formula is C32H47N. The highest BCUT2D eigenvalue weighted by molar-refractivity contribution is 5.63. The van der Waals surface area contributed by atoms with E-state index in [0.717, 1.165) is 32.4 Å². The summed E-state index contributed by atoms with van der Waals surface area (Å²) in [6, 6.07) is 7.06. The molecule has 0 amide bonds. The van der Waals surface area contributed by atoms with Crippen LogP contribution in [0.1, 0.15) is 90.3 Å². The first-order valence-corrected chi connectivity index (χ1v) is 13.4. The van der Waals surface area contributed by atoms with Gasteiger partial charge in [-0.3, -0.25) is 0 Å². The summed E-state index contributed by atoms with van der Waals surface area (Å²) in [5.41, 5.74) is 9.13. The van der Waals surface area contributed by atoms with E-state index in [4.69, 9.17) is 0 Å². The van der Waals surface area contributed by atoms with Crippen molar-refractivity contribution in [3.8, 4) is 0 Å². The molecular weight excluding hydrogens is 398 g/mol. The fourth-order valence-electron chi connectivity index (χ4n) is 5.53. The number of rotatable bonds is 9. The molecule has 0 N–H and O–H groups in total. The summed E-state index contributed by atoms with van der Waals surface area (Å²) in [4.78, 5) is 2.53. The summed E-state index contributed by atoms with van der Waals surface area (Å²) in [6.07, 6.45) is 17.5. The van der Waals surface area contributed by atoms with E-state index in [1.54, 1.807) is 11.1 Å². The Morgan fingerprint density at radius 3 is 2.42 bits per heavy atom. The first-order valence-electron chi connectivity index (χ1n) is 13.4. The fraction of sp³-hybridized carbons (Fsp3) is 0.562. The molecule has 0 aromatic heterocycles. The monoisotopic (exact) mass is 445 g/mol. The molecule has 1 atom stereocenters. The van der Waals surface area contributed by atoms with E-state index >= 15 is 0 Å². The molecule has 1 aromatic carbocycles. The summed E-state index contributed by atoms with van der Waals surface area (Å²) < 4.78 is 0. The summed E-state index contributed by atoms with van der Waals surface area (Å²) in [5, 5.41) is 0. The molecule has 0 spiro atoms. The van der Waals surface area contributed by atoms with Crippen LogP contribution in [0.4, 0.5) is 0 Å². The Bertz CT molecular complexity index is 902. The Hall–Kier alpha value is -2.02. The minimum atomic E-state index is 0.370. The lowest BCUT2D eigenvalue weighted by Crippen LogP contribution is -2.37. The fourth-order valence-corrected chi connectivity index (χ4v) is 5.53. The van der Waals surface area contributed by atoms with Crippen LogP contribution in [0.25, 0.3) is 5.70 Å². The normalized spacial score (nSPS) is 19.2. The molecule has 1 aromatic rings. The van der Waals surface area contributed by atoms with Gasteiger partial charge in [0.2, 0.25) is 0 Å². The molecule has 0 bridgehead atoms. The van der Waals surface area contributed by atoms with E-state index in [1.807, 2.05) is 0 Å². The summed E-state index contributed by atoms with van der Waals surface area (Å²) in [7, 11) is 0. The van der Waals surface area contributed by atoms with Crippen molar-refractivity contribution in [2.45, 2.75) is 86.5 Å². The van der Waals surface area contributed by atoms with Crippen LogP contribution >= 0.6 is 0 Å². The highest BCUT2D eigenvalue weighted by atomic mass is 15.1. The van der Waals surface area contributed by atoms with Gasteiger partial charge in [-0.1, -0.05) is 90.1 Å². The van der Waals surface area contributed by atoms with E-state index in [9.17, 15) is 0 Å². The average molecular weight is 446 g/mol. The van der Waals surface area contributed by atoms with Crippen molar-refractivity contribution >= 4 is 5.70 Å². The van der Waals surface area contributed by atoms with Crippen LogP contribution in [0.15, 0.2) is 60.2 Å². The molecule has 1 aliphatic heterocycles. The molecule has 180 valence electrons. The van der Waals surface area contributed by atoms with Gasteiger partial charge in [-0.15, -0.1) is 0 Å². The van der Waals surface area contributed by atoms with Crippen molar-refractivity contribution in [2.75, 3.05) is 13.1 Å². The second-order valence-electron chi connectivity index (χ2n) is 11.2. The lowest BCUT2D eigenvalue weighted by Gasteiger charge is -2.42. The van der Waals surface area contributed by atoms with Crippen molar-refractivity contribution in [3.05, 3.63) is 76.9 Å². The third kappa shape index (κ3) is 6.52. The van der Waals surface area contributed by atoms with Gasteiger partial charge >= 0.3 is 0 Å². The van der Waals surface area contributed by atoms with Crippen molar-refractivity contribution in [1.29, 1.82) is 0 Å². The molecule has 0 saturated carbocycles. The molecule has 1 aliphatic carbocycles. The highest BCUT2D eigenvalue weighted by Gasteiger charge is 2.32. The Morgan fingerprint density at radius 1 is 1.06 bits per heavy atom. The average Bonchev–Trinajstić information content (AvgIpc) is 3.03. The van der Waals surface area contributed by atoms with Crippen LogP contribution < -0.4 is 0 Å². The van der Waals surface area contributed by atoms with Crippen LogP contribution in [0.2, 0.25) is 0 Å². The van der Waals surface area contributed by atoms with Gasteiger partial charge in [-0.05, 0) is 90.5 Å². The zero-order valence-electron chi connectivity index (χ0n) is 22.2. The minimum Gasteiger partial charge on any atom is -0.371 e. The number of aryl methyl sites for hydroxylation is 1. The van der Waals surface area contributed by atoms with Gasteiger partial charge in [0.25, 0.3) is 0 Å². The number of benzene rings is 1. The smallest absolute Gasteiger partial charge is 0.0366 e. The SMILES string of the molecule is C=C(c1ccc(CC(C)C)c(CC)c1)N1CCC(C)(CC2=C(C(C)CC)CC=CC=C2)CC1. The largest absolute Gasteiger partial charge is 0.371 e. The van der Waals surface area contributed by atoms with Crippen LogP contribution in [0.5, 0.6) is 0 Å². The molecule has 1 unspecified atom stereocenters. The minimum absolute atomic E-state index is 0.370. The van der Waals surface area contributed by atoms with Crippen LogP contribution in [-0.4, -0.2) is 18.0 Å². The third-order valence-corrected chi connectivity index (χ3v) is 8.02. The van der Waals surface area contributed by atoms with Gasteiger partial charge in [0, 0.05) is 18.8 Å². The number of likely N-dealkylation sites (tertiary alicyclic amines) is 1. The maximum Gasteiger partial charge on any atom is 0.0366 e. The summed E-state index contributed by atoms with van der Waals surface area (Å²) >= 11 is 0. The predicted octanol–water partition coefficient (Wildman–Crippen LogP) is 8.77. The number of piperidine rings is 1. The number of hydrogen-bond donors (Lipinski definition) is 0. The lowest BCUT2D eigenvalue weighted by molar-refractivity contribution is 0.161. The number of nitrogens with zero attached hydrogens (tertiary/aromatic N) is 1. The van der Waals surface area contributed by atoms with Gasteiger partial charge in [0.1, 0.15) is 0 Å². The van der Waals surface area contributed by atoms with Gasteiger partial charge in [-0.25, -0.2) is 0 Å².